The van der Waals surface area contributed by atoms with Crippen molar-refractivity contribution in [2.75, 3.05) is 19.7 Å². The number of piperidine rings is 1. The minimum Gasteiger partial charge on any atom is -0.490 e. The summed E-state index contributed by atoms with van der Waals surface area (Å²) in [6, 6.07) is 15.1. The van der Waals surface area contributed by atoms with Gasteiger partial charge >= 0.3 is 0 Å². The summed E-state index contributed by atoms with van der Waals surface area (Å²) in [5.74, 6) is 0.974. The largest absolute Gasteiger partial charge is 0.490 e. The Bertz CT molecular complexity index is 773. The van der Waals surface area contributed by atoms with Gasteiger partial charge in [0.25, 0.3) is 0 Å². The summed E-state index contributed by atoms with van der Waals surface area (Å²) in [4.78, 5) is 2.52. The Morgan fingerprint density at radius 3 is 2.52 bits per heavy atom. The lowest BCUT2D eigenvalue weighted by Gasteiger charge is -2.43. The van der Waals surface area contributed by atoms with E-state index in [0.29, 0.717) is 19.3 Å². The summed E-state index contributed by atoms with van der Waals surface area (Å²) in [6.07, 6.45) is 2.06. The number of nitrogens with zero attached hydrogens (tertiary/aromatic N) is 1. The Balaban J connectivity index is 1.55. The van der Waals surface area contributed by atoms with Crippen molar-refractivity contribution in [1.82, 2.24) is 4.90 Å². The van der Waals surface area contributed by atoms with Gasteiger partial charge in [-0.3, -0.25) is 4.90 Å². The first-order chi connectivity index (χ1) is 13.1. The number of ether oxygens (including phenoxy) is 2. The molecule has 0 radical (unpaired) electrons. The lowest BCUT2D eigenvalue weighted by Crippen LogP contribution is -2.48. The van der Waals surface area contributed by atoms with Gasteiger partial charge in [-0.1, -0.05) is 50.1 Å². The predicted molar refractivity (Wildman–Crippen MR) is 114 cm³/mol. The van der Waals surface area contributed by atoms with Crippen LogP contribution in [0.2, 0.25) is 0 Å². The number of benzene rings is 2. The topological polar surface area (TPSA) is 47.7 Å². The van der Waals surface area contributed by atoms with Crippen LogP contribution in [-0.2, 0) is 11.3 Å². The summed E-state index contributed by atoms with van der Waals surface area (Å²) in [7, 11) is 0. The van der Waals surface area contributed by atoms with Gasteiger partial charge in [0, 0.05) is 33.6 Å². The third kappa shape index (κ3) is 4.57. The van der Waals surface area contributed by atoms with Crippen LogP contribution in [0.25, 0.3) is 0 Å². The van der Waals surface area contributed by atoms with Crippen molar-refractivity contribution in [3.8, 4) is 5.75 Å². The van der Waals surface area contributed by atoms with Gasteiger partial charge in [-0.2, -0.15) is 0 Å². The Hall–Kier alpha value is -0.920. The van der Waals surface area contributed by atoms with Crippen LogP contribution < -0.4 is 10.5 Å². The molecule has 27 heavy (non-hydrogen) atoms. The molecule has 2 N–H and O–H groups in total. The third-order valence-corrected chi connectivity index (χ3v) is 6.26. The first-order valence-corrected chi connectivity index (χ1v) is 11.0. The van der Waals surface area contributed by atoms with E-state index in [1.54, 1.807) is 0 Å². The fourth-order valence-corrected chi connectivity index (χ4v) is 5.37. The fourth-order valence-electron chi connectivity index (χ4n) is 3.99. The monoisotopic (exact) mass is 494 g/mol. The third-order valence-electron chi connectivity index (χ3n) is 5.35. The van der Waals surface area contributed by atoms with E-state index in [1.807, 2.05) is 12.1 Å². The molecule has 6 heteroatoms. The molecule has 0 amide bonds. The first-order valence-electron chi connectivity index (χ1n) is 9.38. The van der Waals surface area contributed by atoms with E-state index >= 15 is 0 Å². The van der Waals surface area contributed by atoms with Gasteiger partial charge in [-0.05, 0) is 42.7 Å². The second kappa shape index (κ2) is 8.62. The molecule has 0 saturated carbocycles. The number of halogens is 2. The number of likely N-dealkylation sites (tertiary alicyclic amines) is 1. The second-order valence-electron chi connectivity index (χ2n) is 7.29. The predicted octanol–water partition coefficient (Wildman–Crippen LogP) is 4.65. The van der Waals surface area contributed by atoms with E-state index in [1.165, 1.54) is 5.56 Å². The van der Waals surface area contributed by atoms with Gasteiger partial charge in [0.05, 0.1) is 12.6 Å². The lowest BCUT2D eigenvalue weighted by molar-refractivity contribution is -0.0640. The van der Waals surface area contributed by atoms with Crippen molar-refractivity contribution >= 4 is 31.9 Å². The highest BCUT2D eigenvalue weighted by Crippen LogP contribution is 2.38. The number of para-hydroxylation sites is 1. The smallest absolute Gasteiger partial charge is 0.124 e. The van der Waals surface area contributed by atoms with E-state index in [2.05, 4.69) is 67.1 Å². The Labute approximate surface area is 177 Å². The van der Waals surface area contributed by atoms with Crippen molar-refractivity contribution < 1.29 is 9.47 Å². The van der Waals surface area contributed by atoms with Crippen molar-refractivity contribution in [3.05, 3.63) is 62.5 Å². The van der Waals surface area contributed by atoms with Crippen LogP contribution in [0.5, 0.6) is 5.75 Å². The van der Waals surface area contributed by atoms with E-state index in [4.69, 9.17) is 15.2 Å². The van der Waals surface area contributed by atoms with Gasteiger partial charge in [0.1, 0.15) is 18.5 Å². The van der Waals surface area contributed by atoms with Crippen molar-refractivity contribution in [2.45, 2.75) is 37.6 Å². The number of fused-ring (bicyclic) bond motifs is 1. The average molecular weight is 496 g/mol. The zero-order valence-electron chi connectivity index (χ0n) is 15.1. The van der Waals surface area contributed by atoms with Gasteiger partial charge in [0.2, 0.25) is 0 Å². The number of rotatable bonds is 4. The second-order valence-corrected chi connectivity index (χ2v) is 9.13. The molecule has 0 aromatic heterocycles. The maximum absolute atomic E-state index is 6.39. The molecule has 4 nitrogen and oxygen atoms in total. The minimum atomic E-state index is -0.00742. The molecule has 1 fully saturated rings. The maximum Gasteiger partial charge on any atom is 0.124 e. The maximum atomic E-state index is 6.39. The molecule has 2 aliphatic rings. The summed E-state index contributed by atoms with van der Waals surface area (Å²) < 4.78 is 14.5. The molecule has 0 bridgehead atoms. The van der Waals surface area contributed by atoms with Crippen LogP contribution in [0.4, 0.5) is 0 Å². The van der Waals surface area contributed by atoms with E-state index in [9.17, 15) is 0 Å². The standard InChI is InChI=1S/C21H24Br2N2O2/c22-15-9-14(10-16(23)11-15)12-26-20-13-27-19-4-2-1-3-18(19)21(20)25-7-5-17(24)6-8-25/h1-4,9-11,17,20-21H,5-8,12-13,24H2. The van der Waals surface area contributed by atoms with Gasteiger partial charge < -0.3 is 15.2 Å². The molecule has 2 heterocycles. The van der Waals surface area contributed by atoms with Crippen molar-refractivity contribution in [3.63, 3.8) is 0 Å². The molecule has 2 atom stereocenters. The van der Waals surface area contributed by atoms with Gasteiger partial charge in [-0.25, -0.2) is 0 Å². The molecule has 2 unspecified atom stereocenters. The van der Waals surface area contributed by atoms with Crippen LogP contribution in [0.3, 0.4) is 0 Å². The molecule has 0 aliphatic carbocycles. The molecule has 2 aromatic carbocycles. The molecule has 0 spiro atoms. The minimum absolute atomic E-state index is 0.00742. The summed E-state index contributed by atoms with van der Waals surface area (Å²) in [5.41, 5.74) is 8.48. The van der Waals surface area contributed by atoms with E-state index in [-0.39, 0.29) is 12.1 Å². The summed E-state index contributed by atoms with van der Waals surface area (Å²) in [5, 5.41) is 0. The SMILES string of the molecule is NC1CCN(C2c3ccccc3OCC2OCc2cc(Br)cc(Br)c2)CC1. The summed E-state index contributed by atoms with van der Waals surface area (Å²) >= 11 is 7.10. The van der Waals surface area contributed by atoms with Crippen LogP contribution in [0.15, 0.2) is 51.4 Å². The van der Waals surface area contributed by atoms with E-state index < -0.39 is 0 Å². The molecular formula is C21H24Br2N2O2. The van der Waals surface area contributed by atoms with Crippen LogP contribution >= 0.6 is 31.9 Å². The quantitative estimate of drug-likeness (QED) is 0.670. The number of hydrogen-bond donors (Lipinski definition) is 1. The van der Waals surface area contributed by atoms with Crippen LogP contribution in [0.1, 0.15) is 30.0 Å². The number of hydrogen-bond acceptors (Lipinski definition) is 4. The zero-order valence-corrected chi connectivity index (χ0v) is 18.3. The highest BCUT2D eigenvalue weighted by molar-refractivity contribution is 9.11. The summed E-state index contributed by atoms with van der Waals surface area (Å²) in [6.45, 7) is 3.13. The van der Waals surface area contributed by atoms with Crippen LogP contribution in [0, 0.1) is 0 Å². The lowest BCUT2D eigenvalue weighted by atomic mass is 9.93. The molecular weight excluding hydrogens is 472 g/mol. The highest BCUT2D eigenvalue weighted by atomic mass is 79.9. The van der Waals surface area contributed by atoms with Crippen molar-refractivity contribution in [2.24, 2.45) is 5.73 Å². The average Bonchev–Trinajstić information content (AvgIpc) is 2.66. The van der Waals surface area contributed by atoms with Gasteiger partial charge in [-0.15, -0.1) is 0 Å². The van der Waals surface area contributed by atoms with Crippen molar-refractivity contribution in [1.29, 1.82) is 0 Å². The fraction of sp³-hybridized carbons (Fsp3) is 0.429. The number of nitrogens with two attached hydrogens (primary N) is 1. The van der Waals surface area contributed by atoms with Crippen LogP contribution in [-0.4, -0.2) is 36.7 Å². The molecule has 2 aliphatic heterocycles. The Morgan fingerprint density at radius 2 is 1.78 bits per heavy atom. The normalized spacial score (nSPS) is 23.7. The molecule has 2 aromatic rings. The first kappa shape index (κ1) is 19.4. The highest BCUT2D eigenvalue weighted by Gasteiger charge is 2.37. The Morgan fingerprint density at radius 1 is 1.07 bits per heavy atom. The van der Waals surface area contributed by atoms with Gasteiger partial charge in [0.15, 0.2) is 0 Å². The zero-order chi connectivity index (χ0) is 18.8. The molecule has 4 rings (SSSR count). The molecule has 144 valence electrons. The Kier molecular flexibility index (Phi) is 6.19. The van der Waals surface area contributed by atoms with E-state index in [0.717, 1.165) is 46.2 Å². The molecule has 1 saturated heterocycles.